The van der Waals surface area contributed by atoms with Gasteiger partial charge in [0, 0.05) is 30.9 Å². The minimum atomic E-state index is -5.83. The minimum Gasteiger partial charge on any atom is -0.376 e. The average molecular weight is 687 g/mol. The molecule has 0 saturated carbocycles. The Morgan fingerprint density at radius 2 is 0.864 bits per heavy atom. The van der Waals surface area contributed by atoms with Crippen molar-refractivity contribution in [2.45, 2.75) is 11.0 Å². The van der Waals surface area contributed by atoms with Gasteiger partial charge in [0.05, 0.1) is 9.40 Å². The minimum absolute atomic E-state index is 0.473. The van der Waals surface area contributed by atoms with Crippen LogP contribution >= 0.6 is 22.7 Å². The summed E-state index contributed by atoms with van der Waals surface area (Å²) in [5, 5.41) is 5.86. The predicted molar refractivity (Wildman–Crippen MR) is 158 cm³/mol. The Bertz CT molecular complexity index is 2390. The second kappa shape index (κ2) is 9.32. The van der Waals surface area contributed by atoms with Crippen molar-refractivity contribution in [3.05, 3.63) is 72.8 Å². The van der Waals surface area contributed by atoms with E-state index in [-0.39, 0.29) is 0 Å². The molecule has 0 spiro atoms. The van der Waals surface area contributed by atoms with Crippen LogP contribution in [0.4, 0.5) is 26.3 Å². The first-order valence-electron chi connectivity index (χ1n) is 12.2. The molecule has 5 aromatic carbocycles. The van der Waals surface area contributed by atoms with Crippen molar-refractivity contribution in [2.75, 3.05) is 0 Å². The van der Waals surface area contributed by atoms with E-state index in [0.717, 1.165) is 52.5 Å². The van der Waals surface area contributed by atoms with Gasteiger partial charge in [-0.3, -0.25) is 0 Å². The maximum Gasteiger partial charge on any atom is 0.534 e. The molecule has 0 saturated heterocycles. The first kappa shape index (κ1) is 28.9. The lowest BCUT2D eigenvalue weighted by Crippen LogP contribution is -2.28. The second-order valence-electron chi connectivity index (χ2n) is 9.70. The lowest BCUT2D eigenvalue weighted by Gasteiger charge is -2.10. The highest BCUT2D eigenvalue weighted by atomic mass is 32.2. The van der Waals surface area contributed by atoms with Crippen molar-refractivity contribution < 1.29 is 51.5 Å². The monoisotopic (exact) mass is 686 g/mol. The van der Waals surface area contributed by atoms with Crippen LogP contribution in [0.1, 0.15) is 0 Å². The average Bonchev–Trinajstić information content (AvgIpc) is 3.46. The van der Waals surface area contributed by atoms with E-state index in [0.29, 0.717) is 21.5 Å². The molecule has 0 unspecified atom stereocenters. The first-order chi connectivity index (χ1) is 20.5. The van der Waals surface area contributed by atoms with Crippen LogP contribution in [0.2, 0.25) is 0 Å². The Hall–Kier alpha value is -3.86. The largest absolute Gasteiger partial charge is 0.534 e. The molecule has 7 rings (SSSR count). The third-order valence-corrected chi connectivity index (χ3v) is 11.4. The number of fused-ring (bicyclic) bond motifs is 9. The van der Waals surface area contributed by atoms with Crippen LogP contribution in [-0.2, 0) is 20.2 Å². The highest BCUT2D eigenvalue weighted by Gasteiger charge is 2.49. The summed E-state index contributed by atoms with van der Waals surface area (Å²) >= 11 is 2.88. The van der Waals surface area contributed by atoms with Crippen LogP contribution < -0.4 is 8.37 Å². The molecule has 0 bridgehead atoms. The molecule has 0 fully saturated rings. The van der Waals surface area contributed by atoms with Crippen molar-refractivity contribution >= 4 is 105 Å². The van der Waals surface area contributed by atoms with Gasteiger partial charge in [0.1, 0.15) is 11.5 Å². The molecule has 6 nitrogen and oxygen atoms in total. The topological polar surface area (TPSA) is 86.7 Å². The van der Waals surface area contributed by atoms with Crippen molar-refractivity contribution in [3.8, 4) is 11.5 Å². The van der Waals surface area contributed by atoms with E-state index in [4.69, 9.17) is 0 Å². The number of alkyl halides is 6. The number of benzene rings is 5. The Balaban J connectivity index is 1.34. The van der Waals surface area contributed by atoms with Crippen molar-refractivity contribution in [1.82, 2.24) is 0 Å². The van der Waals surface area contributed by atoms with Crippen LogP contribution in [0.15, 0.2) is 72.8 Å². The highest BCUT2D eigenvalue weighted by Crippen LogP contribution is 2.46. The summed E-state index contributed by atoms with van der Waals surface area (Å²) in [6.45, 7) is 0. The number of halogens is 6. The number of thiophene rings is 2. The SMILES string of the molecule is O=S(=O)(Oc1ccc2cc3c(cc2c1)sc1c3ccc2c3cc4ccc(OS(=O)(=O)C(F)(F)F)cc4cc3sc21)C(F)(F)F. The predicted octanol–water partition coefficient (Wildman–Crippen LogP) is 9.19. The fourth-order valence-electron chi connectivity index (χ4n) is 4.96. The van der Waals surface area contributed by atoms with Gasteiger partial charge in [-0.1, -0.05) is 24.3 Å². The quantitative estimate of drug-likeness (QED) is 0.104. The normalized spacial score (nSPS) is 13.6. The molecule has 2 heterocycles. The lowest BCUT2D eigenvalue weighted by atomic mass is 10.0. The van der Waals surface area contributed by atoms with Gasteiger partial charge >= 0.3 is 31.3 Å². The van der Waals surface area contributed by atoms with E-state index < -0.39 is 42.8 Å². The fourth-order valence-corrected chi connectivity index (χ4v) is 8.46. The molecule has 2 aromatic heterocycles. The van der Waals surface area contributed by atoms with Gasteiger partial charge in [-0.25, -0.2) is 0 Å². The zero-order valence-corrected chi connectivity index (χ0v) is 24.5. The third-order valence-electron chi connectivity index (χ3n) is 6.92. The molecule has 0 aliphatic heterocycles. The molecule has 7 aromatic rings. The van der Waals surface area contributed by atoms with Crippen molar-refractivity contribution in [1.29, 1.82) is 0 Å². The second-order valence-corrected chi connectivity index (χ2v) is 14.9. The molecule has 0 radical (unpaired) electrons. The molecule has 0 aliphatic carbocycles. The van der Waals surface area contributed by atoms with Gasteiger partial charge in [0.2, 0.25) is 0 Å². The third kappa shape index (κ3) is 4.58. The molecule has 0 amide bonds. The Morgan fingerprint density at radius 1 is 0.477 bits per heavy atom. The summed E-state index contributed by atoms with van der Waals surface area (Å²) in [7, 11) is -11.7. The van der Waals surface area contributed by atoms with Gasteiger partial charge in [-0.05, 0) is 70.1 Å². The maximum absolute atomic E-state index is 12.8. The Labute approximate surface area is 250 Å². The molecule has 0 atom stereocenters. The summed E-state index contributed by atoms with van der Waals surface area (Å²) in [5.41, 5.74) is -11.1. The first-order valence-corrected chi connectivity index (χ1v) is 16.7. The van der Waals surface area contributed by atoms with Crippen LogP contribution in [0.25, 0.3) is 61.9 Å². The van der Waals surface area contributed by atoms with Gasteiger partial charge in [-0.15, -0.1) is 22.7 Å². The molecule has 0 aliphatic rings. The highest BCUT2D eigenvalue weighted by molar-refractivity contribution is 7.88. The van der Waals surface area contributed by atoms with E-state index in [9.17, 15) is 43.2 Å². The van der Waals surface area contributed by atoms with E-state index in [1.807, 2.05) is 24.3 Å². The zero-order chi connectivity index (χ0) is 31.4. The van der Waals surface area contributed by atoms with E-state index in [1.165, 1.54) is 46.9 Å². The van der Waals surface area contributed by atoms with Crippen LogP contribution in [0.3, 0.4) is 0 Å². The zero-order valence-electron chi connectivity index (χ0n) is 21.3. The molecular weight excluding hydrogens is 675 g/mol. The van der Waals surface area contributed by atoms with Crippen molar-refractivity contribution in [2.24, 2.45) is 0 Å². The van der Waals surface area contributed by atoms with E-state index in [2.05, 4.69) is 8.37 Å². The van der Waals surface area contributed by atoms with Gasteiger partial charge < -0.3 is 8.37 Å². The lowest BCUT2D eigenvalue weighted by molar-refractivity contribution is -0.0504. The summed E-state index contributed by atoms with van der Waals surface area (Å²) in [6, 6.07) is 18.8. The molecule has 226 valence electrons. The molecule has 16 heteroatoms. The summed E-state index contributed by atoms with van der Waals surface area (Å²) in [6.07, 6.45) is 0. The number of hydrogen-bond acceptors (Lipinski definition) is 8. The molecule has 0 N–H and O–H groups in total. The van der Waals surface area contributed by atoms with Crippen LogP contribution in [0.5, 0.6) is 11.5 Å². The molecule has 44 heavy (non-hydrogen) atoms. The smallest absolute Gasteiger partial charge is 0.376 e. The van der Waals surface area contributed by atoms with E-state index in [1.54, 1.807) is 12.1 Å². The fraction of sp³-hybridized carbons (Fsp3) is 0.0714. The number of rotatable bonds is 4. The maximum atomic E-state index is 12.8. The van der Waals surface area contributed by atoms with Gasteiger partial charge in [-0.2, -0.15) is 43.2 Å². The number of hydrogen-bond donors (Lipinski definition) is 0. The summed E-state index contributed by atoms with van der Waals surface area (Å²) < 4.78 is 135. The Kier molecular flexibility index (Phi) is 6.12. The van der Waals surface area contributed by atoms with Crippen LogP contribution in [-0.4, -0.2) is 27.9 Å². The van der Waals surface area contributed by atoms with Crippen LogP contribution in [0, 0.1) is 0 Å². The Morgan fingerprint density at radius 3 is 1.23 bits per heavy atom. The summed E-state index contributed by atoms with van der Waals surface area (Å²) in [4.78, 5) is 0. The van der Waals surface area contributed by atoms with Crippen molar-refractivity contribution in [3.63, 3.8) is 0 Å². The van der Waals surface area contributed by atoms with Gasteiger partial charge in [0.15, 0.2) is 0 Å². The standard InChI is InChI=1S/C28H12F6O6S4/c29-27(30,31)43(35,36)39-17-3-1-13-9-21-19-5-6-20-22-10-14-2-4-18(40-44(37,38)28(32,33)34)8-16(14)12-24(22)42-26(20)25(19)41-23(21)11-15(13)7-17/h1-12H. The molecular formula is C28H12F6O6S4. The van der Waals surface area contributed by atoms with Gasteiger partial charge in [0.25, 0.3) is 0 Å². The summed E-state index contributed by atoms with van der Waals surface area (Å²) in [5.74, 6) is -0.947. The van der Waals surface area contributed by atoms with E-state index >= 15 is 0 Å².